The molecule has 4 aromatic carbocycles. The summed E-state index contributed by atoms with van der Waals surface area (Å²) in [5.74, 6) is 0. The number of allylic oxidation sites excluding steroid dienone is 8. The molecule has 4 aromatic rings. The zero-order valence-electron chi connectivity index (χ0n) is 39.5. The third-order valence-electron chi connectivity index (χ3n) is 11.8. The maximum absolute atomic E-state index is 3.34. The number of rotatable bonds is 0. The Kier molecular flexibility index (Phi) is 19.0. The van der Waals surface area contributed by atoms with Crippen LogP contribution < -0.4 is 0 Å². The molecule has 3 heteroatoms. The first-order valence-corrected chi connectivity index (χ1v) is 22.8. The summed E-state index contributed by atoms with van der Waals surface area (Å²) in [6.45, 7) is 33.9. The fourth-order valence-electron chi connectivity index (χ4n) is 7.87. The summed E-state index contributed by atoms with van der Waals surface area (Å²) in [4.78, 5) is 0. The number of hydrogen-bond acceptors (Lipinski definition) is 0. The molecule has 4 aliphatic carbocycles. The van der Waals surface area contributed by atoms with E-state index in [1.54, 1.807) is 0 Å². The van der Waals surface area contributed by atoms with E-state index in [4.69, 9.17) is 0 Å². The molecule has 0 atom stereocenters. The van der Waals surface area contributed by atoms with Crippen LogP contribution in [0.2, 0.25) is 0 Å². The quantitative estimate of drug-likeness (QED) is 0.136. The standard InChI is InChI=1S/C27H29.2C10H13.C9H13.CH2.2ClH.Zr/c1-16-7-9-26(3,4)24-12-18-11-19-13-25-21(17(2)8-10-27(25,5)6)15-23(19)22(18)14-20(16)24;2*1-10(2,3)9-7-5-4-6-8-9;1-9(2,3)8-6-4-5-7-8;;;;/h7-9,12-15H,10-11H2,1-6H3;2*5-8H,1-3H3;6-7H,4H2,1-3H3;1H2;2*1H;/q4*-1;;;;. The topological polar surface area (TPSA) is 0 Å². The zero-order valence-corrected chi connectivity index (χ0v) is 43.6. The van der Waals surface area contributed by atoms with Crippen molar-refractivity contribution in [3.8, 4) is 11.1 Å². The Bertz CT molecular complexity index is 2020. The molecule has 4 aliphatic rings. The third-order valence-corrected chi connectivity index (χ3v) is 11.8. The SMILES string of the molecule is CC(C)(C)C1=CC[C-]=C1.CC(C)(C)c1cc[c-]cc1.CC(C)(C)c1cc[c-]cc1.CC1=C[CH-]C(C)(C)c2cc3c(cc21)-c1cc2c(cc1C3)C(C)(C)CC=C2C.Cl.Cl.[CH2]=[Zr]. The minimum atomic E-state index is 0. The van der Waals surface area contributed by atoms with Crippen molar-refractivity contribution in [1.29, 1.82) is 0 Å². The van der Waals surface area contributed by atoms with E-state index in [9.17, 15) is 0 Å². The van der Waals surface area contributed by atoms with Gasteiger partial charge in [-0.1, -0.05) is 131 Å². The summed E-state index contributed by atoms with van der Waals surface area (Å²) in [7, 11) is 0. The Hall–Kier alpha value is -2.96. The molecule has 0 aliphatic heterocycles. The van der Waals surface area contributed by atoms with Crippen LogP contribution >= 0.6 is 24.8 Å². The summed E-state index contributed by atoms with van der Waals surface area (Å²) < 4.78 is 3.34. The first-order chi connectivity index (χ1) is 27.0. The van der Waals surface area contributed by atoms with Crippen LogP contribution in [-0.4, -0.2) is 4.21 Å². The molecule has 60 heavy (non-hydrogen) atoms. The Balaban J connectivity index is 0.000000312. The van der Waals surface area contributed by atoms with E-state index >= 15 is 0 Å². The average molecular weight is 919 g/mol. The van der Waals surface area contributed by atoms with Gasteiger partial charge in [-0.05, 0) is 81.0 Å². The van der Waals surface area contributed by atoms with Gasteiger partial charge in [-0.25, -0.2) is 18.6 Å². The van der Waals surface area contributed by atoms with Gasteiger partial charge < -0.3 is 0 Å². The van der Waals surface area contributed by atoms with Crippen molar-refractivity contribution >= 4 is 40.2 Å². The van der Waals surface area contributed by atoms with Crippen molar-refractivity contribution in [3.05, 3.63) is 172 Å². The Morgan fingerprint density at radius 1 is 0.600 bits per heavy atom. The Morgan fingerprint density at radius 2 is 1.05 bits per heavy atom. The summed E-state index contributed by atoms with van der Waals surface area (Å²) in [5.41, 5.74) is 20.0. The van der Waals surface area contributed by atoms with E-state index in [1.807, 2.05) is 24.3 Å². The molecule has 0 unspecified atom stereocenters. The average Bonchev–Trinajstić information content (AvgIpc) is 3.85. The van der Waals surface area contributed by atoms with Crippen molar-refractivity contribution in [3.63, 3.8) is 0 Å². The van der Waals surface area contributed by atoms with Gasteiger partial charge in [-0.15, -0.1) is 43.7 Å². The van der Waals surface area contributed by atoms with Gasteiger partial charge in [-0.3, -0.25) is 6.08 Å². The van der Waals surface area contributed by atoms with Crippen LogP contribution in [0.4, 0.5) is 0 Å². The van der Waals surface area contributed by atoms with Crippen LogP contribution in [0.3, 0.4) is 0 Å². The van der Waals surface area contributed by atoms with Gasteiger partial charge in [0.05, 0.1) is 0 Å². The molecular weight excluding hydrogens is 847 g/mol. The van der Waals surface area contributed by atoms with Gasteiger partial charge in [0.25, 0.3) is 0 Å². The number of halogens is 2. The number of benzene rings is 4. The normalized spacial score (nSPS) is 15.9. The van der Waals surface area contributed by atoms with Crippen LogP contribution in [0, 0.1) is 30.0 Å². The van der Waals surface area contributed by atoms with E-state index < -0.39 is 0 Å². The van der Waals surface area contributed by atoms with Crippen LogP contribution in [0.1, 0.15) is 161 Å². The molecule has 0 bridgehead atoms. The van der Waals surface area contributed by atoms with Gasteiger partial charge in [0.15, 0.2) is 0 Å². The van der Waals surface area contributed by atoms with Crippen LogP contribution in [0.15, 0.2) is 103 Å². The van der Waals surface area contributed by atoms with Crippen LogP contribution in [0.25, 0.3) is 22.3 Å². The van der Waals surface area contributed by atoms with E-state index in [0.29, 0.717) is 5.41 Å². The predicted molar refractivity (Wildman–Crippen MR) is 266 cm³/mol. The fourth-order valence-corrected chi connectivity index (χ4v) is 7.87. The molecule has 322 valence electrons. The van der Waals surface area contributed by atoms with E-state index in [-0.39, 0.29) is 46.5 Å². The number of fused-ring (bicyclic) bond motifs is 5. The molecule has 0 heterocycles. The van der Waals surface area contributed by atoms with Crippen molar-refractivity contribution in [1.82, 2.24) is 0 Å². The van der Waals surface area contributed by atoms with Crippen molar-refractivity contribution in [2.45, 2.75) is 145 Å². The molecule has 0 N–H and O–H groups in total. The molecule has 0 aromatic heterocycles. The van der Waals surface area contributed by atoms with Gasteiger partial charge >= 0.3 is 28.4 Å². The molecular formula is C57H72Cl2Zr-4. The molecule has 0 amide bonds. The molecule has 8 rings (SSSR count). The summed E-state index contributed by atoms with van der Waals surface area (Å²) in [6, 6.07) is 32.2. The van der Waals surface area contributed by atoms with Gasteiger partial charge in [-0.2, -0.15) is 89.0 Å². The maximum atomic E-state index is 3.34. The van der Waals surface area contributed by atoms with Gasteiger partial charge in [0, 0.05) is 0 Å². The van der Waals surface area contributed by atoms with Gasteiger partial charge in [0.1, 0.15) is 0 Å². The van der Waals surface area contributed by atoms with Crippen molar-refractivity contribution in [2.24, 2.45) is 5.41 Å². The predicted octanol–water partition coefficient (Wildman–Crippen LogP) is 16.3. The van der Waals surface area contributed by atoms with E-state index in [1.165, 1.54) is 96.6 Å². The zero-order chi connectivity index (χ0) is 43.3. The Labute approximate surface area is 394 Å². The second kappa shape index (κ2) is 21.4. The van der Waals surface area contributed by atoms with E-state index in [0.717, 1.165) is 19.3 Å². The van der Waals surface area contributed by atoms with Crippen LogP contribution in [-0.2, 0) is 52.3 Å². The Morgan fingerprint density at radius 3 is 1.43 bits per heavy atom. The molecule has 0 radical (unpaired) electrons. The monoisotopic (exact) mass is 916 g/mol. The van der Waals surface area contributed by atoms with Crippen molar-refractivity contribution in [2.75, 3.05) is 0 Å². The van der Waals surface area contributed by atoms with Crippen LogP contribution in [0.5, 0.6) is 0 Å². The molecule has 0 saturated carbocycles. The second-order valence-corrected chi connectivity index (χ2v) is 20.5. The summed E-state index contributed by atoms with van der Waals surface area (Å²) in [5, 5.41) is 0. The number of hydrogen-bond donors (Lipinski definition) is 0. The first-order valence-electron chi connectivity index (χ1n) is 21.1. The van der Waals surface area contributed by atoms with E-state index in [2.05, 4.69) is 206 Å². The van der Waals surface area contributed by atoms with Crippen molar-refractivity contribution < 1.29 is 24.2 Å². The first kappa shape index (κ1) is 53.2. The molecule has 0 saturated heterocycles. The third kappa shape index (κ3) is 13.3. The minimum absolute atomic E-state index is 0. The summed E-state index contributed by atoms with van der Waals surface area (Å²) in [6.07, 6.45) is 17.8. The fraction of sp³-hybridized carbons (Fsp3) is 0.404. The second-order valence-electron chi connectivity index (χ2n) is 20.5. The molecule has 0 fully saturated rings. The summed E-state index contributed by atoms with van der Waals surface area (Å²) >= 11 is 1.30. The molecule has 0 nitrogen and oxygen atoms in total. The molecule has 0 spiro atoms. The van der Waals surface area contributed by atoms with Gasteiger partial charge in [0.2, 0.25) is 0 Å².